The van der Waals surface area contributed by atoms with E-state index >= 15 is 0 Å². The fourth-order valence-corrected chi connectivity index (χ4v) is 5.87. The molecule has 0 aromatic heterocycles. The summed E-state index contributed by atoms with van der Waals surface area (Å²) in [7, 11) is 3.61. The molecule has 8 heteroatoms. The number of hydrogen-bond donors (Lipinski definition) is 2. The molecule has 0 bridgehead atoms. The van der Waals surface area contributed by atoms with Crippen LogP contribution < -0.4 is 14.9 Å². The zero-order valence-corrected chi connectivity index (χ0v) is 21.0. The first-order valence-corrected chi connectivity index (χ1v) is 13.1. The highest BCUT2D eigenvalue weighted by Gasteiger charge is 2.74. The first kappa shape index (κ1) is 22.0. The van der Waals surface area contributed by atoms with E-state index in [9.17, 15) is 9.59 Å². The Bertz CT molecular complexity index is 1160. The van der Waals surface area contributed by atoms with Crippen molar-refractivity contribution < 1.29 is 9.59 Å². The smallest absolute Gasteiger partial charge is 0.319 e. The maximum Gasteiger partial charge on any atom is 0.319 e. The molecule has 0 atom stereocenters. The second-order valence-corrected chi connectivity index (χ2v) is 11.9. The Morgan fingerprint density at radius 2 is 1.76 bits per heavy atom. The van der Waals surface area contributed by atoms with Crippen molar-refractivity contribution in [2.75, 3.05) is 50.5 Å². The lowest BCUT2D eigenvalue weighted by Crippen LogP contribution is -2.51. The molecular weight excluding hydrogens is 446 g/mol. The van der Waals surface area contributed by atoms with Gasteiger partial charge in [0.15, 0.2) is 0 Å². The number of nitrogens with one attached hydrogen (secondary N) is 2. The quantitative estimate of drug-likeness (QED) is 0.610. The Hall–Kier alpha value is -2.45. The number of fused-ring (bicyclic) bond motifs is 2. The van der Waals surface area contributed by atoms with E-state index in [1.807, 2.05) is 11.0 Å². The molecule has 0 unspecified atom stereocenters. The van der Waals surface area contributed by atoms with Crippen LogP contribution in [0.15, 0.2) is 35.2 Å². The molecule has 180 valence electrons. The Kier molecular flexibility index (Phi) is 5.04. The van der Waals surface area contributed by atoms with E-state index < -0.39 is 0 Å². The lowest BCUT2D eigenvalue weighted by atomic mass is 10.1. The molecule has 0 spiro atoms. The minimum Gasteiger partial charge on any atom is -0.367 e. The van der Waals surface area contributed by atoms with Crippen LogP contribution >= 0.6 is 11.9 Å². The highest BCUT2D eigenvalue weighted by molar-refractivity contribution is 7.97. The van der Waals surface area contributed by atoms with Crippen molar-refractivity contribution in [2.45, 2.75) is 43.0 Å². The molecule has 3 saturated carbocycles. The molecule has 0 radical (unpaired) electrons. The molecular formula is C26H33N5O2S. The number of carbonyl (C=O) groups excluding carboxylic acids is 2. The van der Waals surface area contributed by atoms with Gasteiger partial charge in [-0.15, -0.1) is 0 Å². The van der Waals surface area contributed by atoms with E-state index in [4.69, 9.17) is 0 Å². The van der Waals surface area contributed by atoms with Crippen LogP contribution in [-0.4, -0.2) is 67.6 Å². The number of nitrogens with zero attached hydrogens (tertiary/aromatic N) is 3. The van der Waals surface area contributed by atoms with Crippen molar-refractivity contribution in [3.63, 3.8) is 0 Å². The number of benzene rings is 2. The number of rotatable bonds is 6. The molecule has 4 aliphatic rings. The molecule has 34 heavy (non-hydrogen) atoms. The molecule has 2 aromatic carbocycles. The van der Waals surface area contributed by atoms with Gasteiger partial charge in [-0.05, 0) is 80.1 Å². The van der Waals surface area contributed by atoms with Gasteiger partial charge in [-0.2, -0.15) is 0 Å². The van der Waals surface area contributed by atoms with Gasteiger partial charge >= 0.3 is 6.03 Å². The van der Waals surface area contributed by atoms with Gasteiger partial charge in [0, 0.05) is 67.5 Å². The van der Waals surface area contributed by atoms with Gasteiger partial charge in [-0.1, -0.05) is 6.07 Å². The van der Waals surface area contributed by atoms with Crippen LogP contribution in [0.3, 0.4) is 0 Å². The Morgan fingerprint density at radius 3 is 2.38 bits per heavy atom. The fourth-order valence-electron chi connectivity index (χ4n) is 4.94. The molecule has 1 aliphatic heterocycles. The monoisotopic (exact) mass is 479 g/mol. The second kappa shape index (κ2) is 7.78. The summed E-state index contributed by atoms with van der Waals surface area (Å²) >= 11 is 1.70. The zero-order valence-electron chi connectivity index (χ0n) is 20.2. The van der Waals surface area contributed by atoms with Gasteiger partial charge in [0.25, 0.3) is 0 Å². The van der Waals surface area contributed by atoms with E-state index in [0.29, 0.717) is 19.0 Å². The van der Waals surface area contributed by atoms with Gasteiger partial charge in [0.2, 0.25) is 5.91 Å². The Balaban J connectivity index is 1.27. The second-order valence-electron chi connectivity index (χ2n) is 11.0. The Morgan fingerprint density at radius 1 is 1.06 bits per heavy atom. The average Bonchev–Trinajstić information content (AvgIpc) is 3.73. The van der Waals surface area contributed by atoms with Gasteiger partial charge in [-0.25, -0.2) is 4.79 Å². The molecule has 3 amide bonds. The summed E-state index contributed by atoms with van der Waals surface area (Å²) in [6.07, 6.45) is 4.54. The molecule has 7 nitrogen and oxygen atoms in total. The maximum absolute atomic E-state index is 12.6. The van der Waals surface area contributed by atoms with Crippen LogP contribution in [0.1, 0.15) is 32.6 Å². The number of anilines is 2. The molecule has 2 aromatic rings. The molecule has 2 N–H and O–H groups in total. The summed E-state index contributed by atoms with van der Waals surface area (Å²) in [5, 5.41) is 5.48. The normalized spacial score (nSPS) is 26.1. The SMILES string of the molecule is CN(C)C(=O)N1CCN(c2cc(SNC3(C)CC3)cc3cc(NC(=O)C45CC4C5)ccc23)CC1. The molecule has 1 heterocycles. The van der Waals surface area contributed by atoms with E-state index in [0.717, 1.165) is 37.0 Å². The standard InChI is InChI=1S/C26H33N5O2S/c1-25(6-7-25)28-34-20-13-17-12-19(27-23(32)26-15-18(26)16-26)4-5-21(17)22(14-20)30-8-10-31(11-9-30)24(33)29(2)3/h4-5,12-14,18,28H,6-11,15-16H2,1-3H3,(H,27,32). The van der Waals surface area contributed by atoms with Crippen molar-refractivity contribution >= 4 is 46.0 Å². The highest BCUT2D eigenvalue weighted by Crippen LogP contribution is 2.75. The maximum atomic E-state index is 12.6. The van der Waals surface area contributed by atoms with E-state index in [1.165, 1.54) is 28.8 Å². The topological polar surface area (TPSA) is 67.9 Å². The minimum atomic E-state index is -0.0366. The average molecular weight is 480 g/mol. The molecule has 1 saturated heterocycles. The number of urea groups is 1. The number of amides is 3. The van der Waals surface area contributed by atoms with E-state index in [-0.39, 0.29) is 22.9 Å². The fraction of sp³-hybridized carbons (Fsp3) is 0.538. The molecule has 6 rings (SSSR count). The third kappa shape index (κ3) is 4.01. The van der Waals surface area contributed by atoms with Crippen LogP contribution in [0, 0.1) is 11.3 Å². The molecule has 3 aliphatic carbocycles. The van der Waals surface area contributed by atoms with Gasteiger partial charge < -0.3 is 20.0 Å². The number of piperazine rings is 1. The van der Waals surface area contributed by atoms with Crippen molar-refractivity contribution in [3.8, 4) is 0 Å². The Labute approximate surface area is 205 Å². The van der Waals surface area contributed by atoms with Crippen LogP contribution in [0.2, 0.25) is 0 Å². The minimum absolute atomic E-state index is 0.0366. The van der Waals surface area contributed by atoms with Crippen LogP contribution in [0.25, 0.3) is 10.8 Å². The predicted molar refractivity (Wildman–Crippen MR) is 137 cm³/mol. The van der Waals surface area contributed by atoms with Crippen LogP contribution in [-0.2, 0) is 4.79 Å². The van der Waals surface area contributed by atoms with Crippen LogP contribution in [0.5, 0.6) is 0 Å². The zero-order chi connectivity index (χ0) is 23.7. The number of hydrogen-bond acceptors (Lipinski definition) is 5. The summed E-state index contributed by atoms with van der Waals surface area (Å²) in [6.45, 7) is 5.29. The highest BCUT2D eigenvalue weighted by atomic mass is 32.2. The molecule has 4 fully saturated rings. The lowest BCUT2D eigenvalue weighted by molar-refractivity contribution is -0.119. The van der Waals surface area contributed by atoms with Crippen molar-refractivity contribution in [2.24, 2.45) is 11.3 Å². The summed E-state index contributed by atoms with van der Waals surface area (Å²) in [6, 6.07) is 10.8. The predicted octanol–water partition coefficient (Wildman–Crippen LogP) is 4.14. The lowest BCUT2D eigenvalue weighted by Gasteiger charge is -2.37. The number of carbonyl (C=O) groups is 2. The van der Waals surface area contributed by atoms with Crippen molar-refractivity contribution in [3.05, 3.63) is 30.3 Å². The van der Waals surface area contributed by atoms with Crippen molar-refractivity contribution in [1.29, 1.82) is 0 Å². The summed E-state index contributed by atoms with van der Waals surface area (Å²) in [4.78, 5) is 32.2. The third-order valence-corrected chi connectivity index (χ3v) is 9.05. The third-order valence-electron chi connectivity index (χ3n) is 7.99. The first-order chi connectivity index (χ1) is 16.3. The van der Waals surface area contributed by atoms with Gasteiger partial charge in [0.1, 0.15) is 0 Å². The van der Waals surface area contributed by atoms with Crippen molar-refractivity contribution in [1.82, 2.24) is 14.5 Å². The van der Waals surface area contributed by atoms with Crippen LogP contribution in [0.4, 0.5) is 16.2 Å². The summed E-state index contributed by atoms with van der Waals surface area (Å²) in [5.74, 6) is 0.822. The van der Waals surface area contributed by atoms with E-state index in [1.54, 1.807) is 30.9 Å². The van der Waals surface area contributed by atoms with Gasteiger partial charge in [0.05, 0.1) is 5.41 Å². The first-order valence-electron chi connectivity index (χ1n) is 12.3. The summed E-state index contributed by atoms with van der Waals surface area (Å²) in [5.41, 5.74) is 2.27. The van der Waals surface area contributed by atoms with Gasteiger partial charge in [-0.3, -0.25) is 9.52 Å². The van der Waals surface area contributed by atoms with E-state index in [2.05, 4.69) is 46.1 Å². The largest absolute Gasteiger partial charge is 0.367 e. The summed E-state index contributed by atoms with van der Waals surface area (Å²) < 4.78 is 3.63.